The van der Waals surface area contributed by atoms with Crippen molar-refractivity contribution in [1.82, 2.24) is 53.2 Å². The minimum absolute atomic E-state index is 0.0101. The second-order valence-electron chi connectivity index (χ2n) is 29.4. The second kappa shape index (κ2) is 59.8. The summed E-state index contributed by atoms with van der Waals surface area (Å²) in [6.45, 7) is 6.28. The third-order valence-corrected chi connectivity index (χ3v) is 20.9. The number of hydrogen-bond acceptors (Lipinski definition) is 30. The van der Waals surface area contributed by atoms with Crippen LogP contribution in [-0.2, 0) is 99.7 Å². The smallest absolute Gasteiger partial charge is 0.330 e. The van der Waals surface area contributed by atoms with Gasteiger partial charge in [-0.1, -0.05) is 33.6 Å². The van der Waals surface area contributed by atoms with Gasteiger partial charge in [-0.3, -0.25) is 52.5 Å². The molecule has 3 rings (SSSR count). The van der Waals surface area contributed by atoms with Gasteiger partial charge in [0.15, 0.2) is 18.9 Å². The highest BCUT2D eigenvalue weighted by Gasteiger charge is 2.47. The average molecular weight is 1690 g/mol. The van der Waals surface area contributed by atoms with Crippen molar-refractivity contribution in [3.8, 4) is 0 Å². The molecule has 0 aromatic heterocycles. The molecule has 0 spiro atoms. The van der Waals surface area contributed by atoms with Crippen LogP contribution < -0.4 is 53.2 Å². The SMILES string of the molecule is CC(=O)N[C@H]1C(O)[C@@H](O)C(CO)O[C@H]1OCCCCC(=O)NCCCNC(=O)CCOCC(COCCC(=O)NCCCNC(=O)CCCCO[C@@H]1OC(CO)[C@H](O)C(O)[C@@H]1C)(COCCC(=O)NCCCNC(=O)CCCCO[C@@H]1OC(CO)[C@H](O)C(O)[C@@H]1NC(C)=O)NC(=O)CCCC(=O)NCCCCCCOP(=O)(O)C(C)C. The van der Waals surface area contributed by atoms with Crippen LogP contribution in [0.5, 0.6) is 0 Å². The van der Waals surface area contributed by atoms with E-state index in [0.717, 1.165) is 6.42 Å². The highest BCUT2D eigenvalue weighted by molar-refractivity contribution is 7.53. The van der Waals surface area contributed by atoms with E-state index in [0.29, 0.717) is 83.6 Å². The highest BCUT2D eigenvalue weighted by Crippen LogP contribution is 2.47. The summed E-state index contributed by atoms with van der Waals surface area (Å²) in [6, 6.07) is -2.21. The molecule has 0 saturated carbocycles. The first-order valence-corrected chi connectivity index (χ1v) is 42.2. The lowest BCUT2D eigenvalue weighted by molar-refractivity contribution is -0.282. The molecule has 20 N–H and O–H groups in total. The molecule has 0 bridgehead atoms. The van der Waals surface area contributed by atoms with E-state index < -0.39 is 166 Å². The van der Waals surface area contributed by atoms with Crippen molar-refractivity contribution in [2.45, 2.75) is 273 Å². The number of ether oxygens (including phenoxy) is 9. The second-order valence-corrected chi connectivity index (χ2v) is 31.8. The number of aliphatic hydroxyl groups is 9. The molecule has 16 atom stereocenters. The van der Waals surface area contributed by atoms with Crippen molar-refractivity contribution >= 4 is 66.7 Å². The Labute approximate surface area is 678 Å². The molecule has 3 fully saturated rings. The summed E-state index contributed by atoms with van der Waals surface area (Å²) in [5.41, 5.74) is -2.04. The normalized spacial score (nSPS) is 24.4. The van der Waals surface area contributed by atoms with Gasteiger partial charge in [-0.15, -0.1) is 0 Å². The van der Waals surface area contributed by atoms with Crippen LogP contribution in [0.2, 0.25) is 0 Å². The molecule has 3 aliphatic rings. The molecule has 10 amide bonds. The number of amides is 10. The van der Waals surface area contributed by atoms with Crippen LogP contribution in [0, 0.1) is 5.92 Å². The molecule has 0 aromatic rings. The maximum Gasteiger partial charge on any atom is 0.330 e. The lowest BCUT2D eigenvalue weighted by Gasteiger charge is -2.42. The van der Waals surface area contributed by atoms with Crippen LogP contribution in [-0.4, -0.2) is 339 Å². The summed E-state index contributed by atoms with van der Waals surface area (Å²) in [5, 5.41) is 118. The van der Waals surface area contributed by atoms with E-state index in [1.54, 1.807) is 20.8 Å². The van der Waals surface area contributed by atoms with Crippen LogP contribution in [0.25, 0.3) is 0 Å². The Hall–Kier alpha value is -5.87. The van der Waals surface area contributed by atoms with Gasteiger partial charge in [-0.05, 0) is 77.0 Å². The highest BCUT2D eigenvalue weighted by atomic mass is 31.2. The van der Waals surface area contributed by atoms with Crippen LogP contribution in [0.1, 0.15) is 176 Å². The van der Waals surface area contributed by atoms with E-state index in [-0.39, 0.29) is 187 Å². The maximum atomic E-state index is 13.9. The van der Waals surface area contributed by atoms with Crippen molar-refractivity contribution in [3.63, 3.8) is 0 Å². The Morgan fingerprint density at radius 1 is 0.371 bits per heavy atom. The Balaban J connectivity index is 1.58. The number of rotatable bonds is 64. The number of carbonyl (C=O) groups excluding carboxylic acids is 10. The molecule has 0 aliphatic carbocycles. The predicted octanol–water partition coefficient (Wildman–Crippen LogP) is -4.09. The number of unbranched alkanes of at least 4 members (excludes halogenated alkanes) is 6. The summed E-state index contributed by atoms with van der Waals surface area (Å²) in [7, 11) is -3.67. The van der Waals surface area contributed by atoms with E-state index in [1.807, 2.05) is 0 Å². The van der Waals surface area contributed by atoms with E-state index in [1.165, 1.54) is 13.8 Å². The van der Waals surface area contributed by atoms with Gasteiger partial charge < -0.3 is 151 Å². The van der Waals surface area contributed by atoms with E-state index in [4.69, 9.17) is 47.2 Å². The third-order valence-electron chi connectivity index (χ3n) is 19.0. The van der Waals surface area contributed by atoms with Gasteiger partial charge in [0.2, 0.25) is 59.1 Å². The van der Waals surface area contributed by atoms with Gasteiger partial charge in [-0.2, -0.15) is 0 Å². The monoisotopic (exact) mass is 1690 g/mol. The third kappa shape index (κ3) is 43.4. The van der Waals surface area contributed by atoms with Crippen molar-refractivity contribution in [2.75, 3.05) is 132 Å². The van der Waals surface area contributed by atoms with Crippen LogP contribution in [0.4, 0.5) is 0 Å². The summed E-state index contributed by atoms with van der Waals surface area (Å²) in [5.74, 6) is -4.34. The molecule has 42 heteroatoms. The first kappa shape index (κ1) is 104. The zero-order valence-corrected chi connectivity index (χ0v) is 68.8. The topological polar surface area (TPSA) is 603 Å². The molecule has 7 unspecified atom stereocenters. The van der Waals surface area contributed by atoms with Crippen molar-refractivity contribution < 1.29 is 151 Å². The lowest BCUT2D eigenvalue weighted by atomic mass is 9.92. The molecule has 3 heterocycles. The maximum absolute atomic E-state index is 13.9. The van der Waals surface area contributed by atoms with Gasteiger partial charge in [0.1, 0.15) is 66.5 Å². The van der Waals surface area contributed by atoms with E-state index in [9.17, 15) is 103 Å². The van der Waals surface area contributed by atoms with Crippen molar-refractivity contribution in [2.24, 2.45) is 5.92 Å². The minimum Gasteiger partial charge on any atom is -0.394 e. The van der Waals surface area contributed by atoms with Crippen LogP contribution in [0.3, 0.4) is 0 Å². The first-order valence-electron chi connectivity index (χ1n) is 40.5. The Bertz CT molecular complexity index is 2800. The number of carbonyl (C=O) groups is 10. The molecule has 0 aromatic carbocycles. The lowest BCUT2D eigenvalue weighted by Crippen LogP contribution is -2.64. The summed E-state index contributed by atoms with van der Waals surface area (Å²) in [6.07, 6.45) is -8.48. The van der Waals surface area contributed by atoms with Crippen molar-refractivity contribution in [1.29, 1.82) is 0 Å². The standard InChI is InChI=1S/C74H135N10O31P/c1-48(2)116(104,105)112-38-12-7-6-11-28-75-58(93)23-16-24-62(97)84-74(45-106-39-25-59(94)79-32-17-29-76-55(90)20-8-13-35-109-71-49(3)65(98)66(99)52(42-85)113-71,46-107-40-26-60(95)80-33-18-30-77-56(91)21-9-14-36-110-72-63(82-50(4)88)69(102)67(100)53(43-86)114-72)47-108-41-27-61(96)81-34-19-31-78-57(92)22-10-15-37-111-73-64(83-51(5)89)70(103)68(101)54(44-87)115-73/h48-49,52-54,63-73,85-87,98-103H,6-47H2,1-5H3,(H,75,93)(H,76,90)(H,77,91)(H,78,92)(H,79,94)(H,80,95)(H,81,96)(H,82,88)(H,83,89)(H,84,97)(H,104,105)/t49-,52?,53?,54?,63-,64-,65?,66-,67-,68-,69?,70?,71+,72+,73+,74?/m0/s1. The number of nitrogens with one attached hydrogen (secondary N) is 10. The molecule has 116 heavy (non-hydrogen) atoms. The minimum atomic E-state index is -3.67. The molecular weight excluding hydrogens is 1560 g/mol. The molecule has 3 saturated heterocycles. The number of aliphatic hydroxyl groups excluding tert-OH is 9. The van der Waals surface area contributed by atoms with Gasteiger partial charge >= 0.3 is 7.60 Å². The predicted molar refractivity (Wildman–Crippen MR) is 412 cm³/mol. The fourth-order valence-electron chi connectivity index (χ4n) is 12.1. The first-order chi connectivity index (χ1) is 55.4. The summed E-state index contributed by atoms with van der Waals surface area (Å²) < 4.78 is 69.2. The molecule has 672 valence electrons. The Morgan fingerprint density at radius 2 is 0.672 bits per heavy atom. The van der Waals surface area contributed by atoms with Gasteiger partial charge in [0.05, 0.1) is 77.8 Å². The average Bonchev–Trinajstić information content (AvgIpc) is 0.789. The quantitative estimate of drug-likeness (QED) is 0.0203. The van der Waals surface area contributed by atoms with Crippen LogP contribution in [0.15, 0.2) is 0 Å². The van der Waals surface area contributed by atoms with Crippen LogP contribution >= 0.6 is 7.60 Å². The van der Waals surface area contributed by atoms with Gasteiger partial charge in [0.25, 0.3) is 0 Å². The van der Waals surface area contributed by atoms with Gasteiger partial charge in [0, 0.05) is 137 Å². The Kier molecular flexibility index (Phi) is 53.7. The zero-order chi connectivity index (χ0) is 85.9. The zero-order valence-electron chi connectivity index (χ0n) is 67.9. The summed E-state index contributed by atoms with van der Waals surface area (Å²) >= 11 is 0. The van der Waals surface area contributed by atoms with E-state index in [2.05, 4.69) is 53.2 Å². The number of hydrogen-bond donors (Lipinski definition) is 20. The molecule has 41 nitrogen and oxygen atoms in total. The largest absolute Gasteiger partial charge is 0.394 e. The molecule has 3 aliphatic heterocycles. The van der Waals surface area contributed by atoms with E-state index >= 15 is 0 Å². The fraction of sp³-hybridized carbons (Fsp3) is 0.865. The Morgan fingerprint density at radius 3 is 1.03 bits per heavy atom. The fourth-order valence-corrected chi connectivity index (χ4v) is 12.8. The van der Waals surface area contributed by atoms with Crippen molar-refractivity contribution in [3.05, 3.63) is 0 Å². The summed E-state index contributed by atoms with van der Waals surface area (Å²) in [4.78, 5) is 137. The van der Waals surface area contributed by atoms with Gasteiger partial charge in [-0.25, -0.2) is 0 Å². The molecule has 0 radical (unpaired) electrons. The molecular formula is C74H135N10O31P.